The zero-order valence-corrected chi connectivity index (χ0v) is 16.5. The number of carbonyl (C=O) groups is 1. The standard InChI is InChI=1S/C17H21F2N5O4S/c1-29(26,27)24-8-5-11(6-9-24)16-22-15(28-23-16)4-7-20-17(25)21-14-10-12(18)2-3-13(14)19/h2-3,10-11H,4-9H2,1H3,(H2,20,21,25). The first kappa shape index (κ1) is 21.1. The minimum absolute atomic E-state index is 0.0118. The highest BCUT2D eigenvalue weighted by Crippen LogP contribution is 2.27. The summed E-state index contributed by atoms with van der Waals surface area (Å²) in [5, 5.41) is 8.66. The fourth-order valence-electron chi connectivity index (χ4n) is 3.02. The van der Waals surface area contributed by atoms with Gasteiger partial charge in [0.25, 0.3) is 0 Å². The van der Waals surface area contributed by atoms with Gasteiger partial charge in [-0.15, -0.1) is 0 Å². The van der Waals surface area contributed by atoms with Gasteiger partial charge in [-0.1, -0.05) is 5.16 Å². The molecule has 0 radical (unpaired) electrons. The average molecular weight is 429 g/mol. The number of rotatable bonds is 6. The number of carbonyl (C=O) groups excluding carboxylic acids is 1. The molecule has 1 saturated heterocycles. The fraction of sp³-hybridized carbons (Fsp3) is 0.471. The summed E-state index contributed by atoms with van der Waals surface area (Å²) >= 11 is 0. The van der Waals surface area contributed by atoms with E-state index in [1.54, 1.807) is 0 Å². The van der Waals surface area contributed by atoms with Crippen LogP contribution in [0.1, 0.15) is 30.5 Å². The van der Waals surface area contributed by atoms with Crippen LogP contribution in [-0.4, -0.2) is 54.8 Å². The Morgan fingerprint density at radius 1 is 1.31 bits per heavy atom. The lowest BCUT2D eigenvalue weighted by molar-refractivity contribution is 0.251. The molecule has 1 aliphatic rings. The van der Waals surface area contributed by atoms with Gasteiger partial charge >= 0.3 is 6.03 Å². The molecule has 0 atom stereocenters. The van der Waals surface area contributed by atoms with E-state index in [1.165, 1.54) is 10.6 Å². The van der Waals surface area contributed by atoms with Crippen molar-refractivity contribution in [3.05, 3.63) is 41.5 Å². The molecule has 158 valence electrons. The highest BCUT2D eigenvalue weighted by atomic mass is 32.2. The SMILES string of the molecule is CS(=O)(=O)N1CCC(c2noc(CCNC(=O)Nc3cc(F)ccc3F)n2)CC1. The average Bonchev–Trinajstić information content (AvgIpc) is 3.13. The molecule has 3 rings (SSSR count). The Morgan fingerprint density at radius 3 is 2.72 bits per heavy atom. The number of nitrogens with zero attached hydrogens (tertiary/aromatic N) is 3. The summed E-state index contributed by atoms with van der Waals surface area (Å²) < 4.78 is 56.3. The van der Waals surface area contributed by atoms with E-state index < -0.39 is 27.7 Å². The van der Waals surface area contributed by atoms with Crippen molar-refractivity contribution in [1.82, 2.24) is 19.8 Å². The molecule has 1 aromatic carbocycles. The van der Waals surface area contributed by atoms with E-state index in [0.717, 1.165) is 18.2 Å². The van der Waals surface area contributed by atoms with Crippen LogP contribution in [0.25, 0.3) is 0 Å². The monoisotopic (exact) mass is 429 g/mol. The number of halogens is 2. The van der Waals surface area contributed by atoms with Crippen molar-refractivity contribution >= 4 is 21.7 Å². The molecular weight excluding hydrogens is 408 g/mol. The molecule has 0 spiro atoms. The molecule has 0 saturated carbocycles. The van der Waals surface area contributed by atoms with Gasteiger partial charge in [0.1, 0.15) is 11.6 Å². The van der Waals surface area contributed by atoms with Gasteiger partial charge < -0.3 is 15.2 Å². The van der Waals surface area contributed by atoms with E-state index in [1.807, 2.05) is 0 Å². The maximum Gasteiger partial charge on any atom is 0.319 e. The van der Waals surface area contributed by atoms with E-state index in [9.17, 15) is 22.0 Å². The molecule has 0 aliphatic carbocycles. The number of amides is 2. The number of aromatic nitrogens is 2. The summed E-state index contributed by atoms with van der Waals surface area (Å²) in [4.78, 5) is 16.1. The third kappa shape index (κ3) is 5.70. The van der Waals surface area contributed by atoms with Crippen LogP contribution < -0.4 is 10.6 Å². The van der Waals surface area contributed by atoms with Gasteiger partial charge in [-0.2, -0.15) is 4.98 Å². The number of sulfonamides is 1. The van der Waals surface area contributed by atoms with E-state index in [4.69, 9.17) is 4.52 Å². The first-order valence-corrected chi connectivity index (χ1v) is 10.8. The van der Waals surface area contributed by atoms with E-state index in [2.05, 4.69) is 20.8 Å². The predicted octanol–water partition coefficient (Wildman–Crippen LogP) is 1.85. The summed E-state index contributed by atoms with van der Waals surface area (Å²) in [7, 11) is -3.20. The maximum atomic E-state index is 13.5. The third-order valence-corrected chi connectivity index (χ3v) is 5.88. The van der Waals surface area contributed by atoms with Crippen LogP contribution in [-0.2, 0) is 16.4 Å². The first-order chi connectivity index (χ1) is 13.7. The third-order valence-electron chi connectivity index (χ3n) is 4.57. The number of hydrogen-bond acceptors (Lipinski definition) is 6. The van der Waals surface area contributed by atoms with E-state index in [-0.39, 0.29) is 24.6 Å². The molecule has 29 heavy (non-hydrogen) atoms. The number of nitrogens with one attached hydrogen (secondary N) is 2. The van der Waals surface area contributed by atoms with Crippen LogP contribution in [0.5, 0.6) is 0 Å². The molecule has 1 aliphatic heterocycles. The van der Waals surface area contributed by atoms with Crippen molar-refractivity contribution in [3.8, 4) is 0 Å². The lowest BCUT2D eigenvalue weighted by atomic mass is 9.97. The predicted molar refractivity (Wildman–Crippen MR) is 99.8 cm³/mol. The van der Waals surface area contributed by atoms with Crippen LogP contribution in [0.3, 0.4) is 0 Å². The normalized spacial score (nSPS) is 16.0. The Morgan fingerprint density at radius 2 is 2.03 bits per heavy atom. The smallest absolute Gasteiger partial charge is 0.319 e. The summed E-state index contributed by atoms with van der Waals surface area (Å²) in [6.45, 7) is 0.967. The van der Waals surface area contributed by atoms with Crippen LogP contribution in [0.2, 0.25) is 0 Å². The zero-order chi connectivity index (χ0) is 21.0. The van der Waals surface area contributed by atoms with Gasteiger partial charge in [0.05, 0.1) is 11.9 Å². The summed E-state index contributed by atoms with van der Waals surface area (Å²) in [6.07, 6.45) is 2.65. The maximum absolute atomic E-state index is 13.5. The Labute approximate surface area is 166 Å². The highest BCUT2D eigenvalue weighted by Gasteiger charge is 2.28. The van der Waals surface area contributed by atoms with Gasteiger partial charge in [-0.3, -0.25) is 0 Å². The Balaban J connectivity index is 1.45. The molecule has 0 unspecified atom stereocenters. The van der Waals surface area contributed by atoms with Gasteiger partial charge in [0, 0.05) is 38.0 Å². The number of urea groups is 1. The summed E-state index contributed by atoms with van der Waals surface area (Å²) in [5.41, 5.74) is -0.261. The molecule has 2 aromatic rings. The quantitative estimate of drug-likeness (QED) is 0.724. The van der Waals surface area contributed by atoms with Crippen molar-refractivity contribution in [2.45, 2.75) is 25.2 Å². The minimum atomic E-state index is -3.20. The zero-order valence-electron chi connectivity index (χ0n) is 15.7. The highest BCUT2D eigenvalue weighted by molar-refractivity contribution is 7.88. The minimum Gasteiger partial charge on any atom is -0.339 e. The molecule has 12 heteroatoms. The Bertz CT molecular complexity index is 974. The fourth-order valence-corrected chi connectivity index (χ4v) is 3.90. The van der Waals surface area contributed by atoms with Gasteiger partial charge in [-0.25, -0.2) is 26.3 Å². The van der Waals surface area contributed by atoms with Gasteiger partial charge in [0.2, 0.25) is 15.9 Å². The van der Waals surface area contributed by atoms with Crippen molar-refractivity contribution in [2.75, 3.05) is 31.2 Å². The topological polar surface area (TPSA) is 117 Å². The number of benzene rings is 1. The van der Waals surface area contributed by atoms with Crippen LogP contribution in [0.4, 0.5) is 19.3 Å². The molecule has 0 bridgehead atoms. The second-order valence-electron chi connectivity index (χ2n) is 6.74. The molecule has 2 heterocycles. The summed E-state index contributed by atoms with van der Waals surface area (Å²) in [5.74, 6) is -0.563. The molecule has 1 fully saturated rings. The molecule has 2 amide bonds. The lowest BCUT2D eigenvalue weighted by Gasteiger charge is -2.28. The van der Waals surface area contributed by atoms with Crippen molar-refractivity contribution in [2.24, 2.45) is 0 Å². The number of piperidine rings is 1. The second kappa shape index (κ2) is 8.82. The molecule has 1 aromatic heterocycles. The van der Waals surface area contributed by atoms with E-state index >= 15 is 0 Å². The molecule has 9 nitrogen and oxygen atoms in total. The number of hydrogen-bond donors (Lipinski definition) is 2. The number of anilines is 1. The van der Waals surface area contributed by atoms with Crippen LogP contribution >= 0.6 is 0 Å². The molecule has 2 N–H and O–H groups in total. The largest absolute Gasteiger partial charge is 0.339 e. The summed E-state index contributed by atoms with van der Waals surface area (Å²) in [6, 6.07) is 2.07. The second-order valence-corrected chi connectivity index (χ2v) is 8.72. The van der Waals surface area contributed by atoms with Gasteiger partial charge in [-0.05, 0) is 25.0 Å². The Kier molecular flexibility index (Phi) is 6.42. The van der Waals surface area contributed by atoms with E-state index in [0.29, 0.717) is 37.6 Å². The van der Waals surface area contributed by atoms with Gasteiger partial charge in [0.15, 0.2) is 5.82 Å². The lowest BCUT2D eigenvalue weighted by Crippen LogP contribution is -2.37. The van der Waals surface area contributed by atoms with Crippen molar-refractivity contribution in [1.29, 1.82) is 0 Å². The molecular formula is C17H21F2N5O4S. The van der Waals surface area contributed by atoms with Crippen LogP contribution in [0, 0.1) is 11.6 Å². The Hall–Kier alpha value is -2.60. The first-order valence-electron chi connectivity index (χ1n) is 9.00. The van der Waals surface area contributed by atoms with Crippen molar-refractivity contribution in [3.63, 3.8) is 0 Å². The van der Waals surface area contributed by atoms with Crippen LogP contribution in [0.15, 0.2) is 22.7 Å². The van der Waals surface area contributed by atoms with Crippen molar-refractivity contribution < 1.29 is 26.5 Å².